The van der Waals surface area contributed by atoms with Crippen LogP contribution in [0.25, 0.3) is 0 Å². The van der Waals surface area contributed by atoms with Crippen LogP contribution in [0.1, 0.15) is 16.0 Å². The van der Waals surface area contributed by atoms with E-state index in [9.17, 15) is 8.78 Å². The van der Waals surface area contributed by atoms with Gasteiger partial charge in [-0.3, -0.25) is 0 Å². The fourth-order valence-corrected chi connectivity index (χ4v) is 3.46. The number of alkyl halides is 1. The van der Waals surface area contributed by atoms with E-state index in [-0.39, 0.29) is 4.83 Å². The lowest BCUT2D eigenvalue weighted by atomic mass is 10.0. The standard InChI is InChI=1S/C15H12Br2F2O/c1-20-10-3-4-12(16)11(8-10)13(17)6-9-2-5-14(18)15(19)7-9/h2-5,7-8,13H,6H2,1H3. The maximum Gasteiger partial charge on any atom is 0.159 e. The molecule has 0 heterocycles. The lowest BCUT2D eigenvalue weighted by Crippen LogP contribution is -1.99. The summed E-state index contributed by atoms with van der Waals surface area (Å²) < 4.78 is 32.2. The molecule has 2 aromatic rings. The first-order valence-corrected chi connectivity index (χ1v) is 7.63. The van der Waals surface area contributed by atoms with E-state index < -0.39 is 11.6 Å². The molecule has 0 aliphatic rings. The highest BCUT2D eigenvalue weighted by atomic mass is 79.9. The molecule has 0 aromatic heterocycles. The number of hydrogen-bond donors (Lipinski definition) is 0. The molecule has 1 nitrogen and oxygen atoms in total. The van der Waals surface area contributed by atoms with Crippen molar-refractivity contribution in [2.24, 2.45) is 0 Å². The van der Waals surface area contributed by atoms with E-state index in [0.29, 0.717) is 6.42 Å². The average molecular weight is 406 g/mol. The van der Waals surface area contributed by atoms with Crippen molar-refractivity contribution in [3.8, 4) is 5.75 Å². The monoisotopic (exact) mass is 404 g/mol. The summed E-state index contributed by atoms with van der Waals surface area (Å²) in [7, 11) is 1.60. The Morgan fingerprint density at radius 2 is 1.85 bits per heavy atom. The predicted octanol–water partition coefficient (Wildman–Crippen LogP) is 5.41. The van der Waals surface area contributed by atoms with Crippen LogP contribution in [-0.4, -0.2) is 7.11 Å². The molecule has 106 valence electrons. The van der Waals surface area contributed by atoms with Crippen LogP contribution in [-0.2, 0) is 6.42 Å². The molecule has 0 fully saturated rings. The first kappa shape index (κ1) is 15.4. The minimum Gasteiger partial charge on any atom is -0.497 e. The number of methoxy groups -OCH3 is 1. The molecule has 0 radical (unpaired) electrons. The second-order valence-corrected chi connectivity index (χ2v) is 6.27. The molecule has 0 bridgehead atoms. The molecule has 5 heteroatoms. The third kappa shape index (κ3) is 3.58. The predicted molar refractivity (Wildman–Crippen MR) is 82.4 cm³/mol. The van der Waals surface area contributed by atoms with Gasteiger partial charge in [0.25, 0.3) is 0 Å². The van der Waals surface area contributed by atoms with Crippen LogP contribution in [0.15, 0.2) is 40.9 Å². The first-order valence-electron chi connectivity index (χ1n) is 5.92. The van der Waals surface area contributed by atoms with Gasteiger partial charge >= 0.3 is 0 Å². The van der Waals surface area contributed by atoms with E-state index in [1.165, 1.54) is 6.07 Å². The Hall–Kier alpha value is -0.940. The normalized spacial score (nSPS) is 12.2. The fraction of sp³-hybridized carbons (Fsp3) is 0.200. The topological polar surface area (TPSA) is 9.23 Å². The second kappa shape index (κ2) is 6.68. The van der Waals surface area contributed by atoms with Crippen LogP contribution in [0.3, 0.4) is 0 Å². The molecule has 0 N–H and O–H groups in total. The molecule has 2 aromatic carbocycles. The number of hydrogen-bond acceptors (Lipinski definition) is 1. The van der Waals surface area contributed by atoms with Gasteiger partial charge in [-0.15, -0.1) is 0 Å². The molecule has 0 amide bonds. The summed E-state index contributed by atoms with van der Waals surface area (Å²) >= 11 is 7.06. The molecular formula is C15H12Br2F2O. The number of rotatable bonds is 4. The summed E-state index contributed by atoms with van der Waals surface area (Å²) in [5, 5.41) is 0. The number of ether oxygens (including phenoxy) is 1. The van der Waals surface area contributed by atoms with E-state index in [0.717, 1.165) is 27.4 Å². The minimum absolute atomic E-state index is 0.0307. The number of benzene rings is 2. The van der Waals surface area contributed by atoms with Crippen LogP contribution in [0.4, 0.5) is 8.78 Å². The summed E-state index contributed by atoms with van der Waals surface area (Å²) in [4.78, 5) is -0.0307. The van der Waals surface area contributed by atoms with Crippen molar-refractivity contribution >= 4 is 31.9 Å². The molecular weight excluding hydrogens is 394 g/mol. The van der Waals surface area contributed by atoms with Gasteiger partial charge in [0.05, 0.1) is 7.11 Å². The Bertz CT molecular complexity index is 617. The van der Waals surface area contributed by atoms with Gasteiger partial charge in [0.1, 0.15) is 5.75 Å². The number of halogens is 4. The van der Waals surface area contributed by atoms with Crippen molar-refractivity contribution < 1.29 is 13.5 Å². The highest BCUT2D eigenvalue weighted by molar-refractivity contribution is 9.11. The Morgan fingerprint density at radius 3 is 2.50 bits per heavy atom. The molecule has 0 saturated heterocycles. The van der Waals surface area contributed by atoms with Gasteiger partial charge < -0.3 is 4.74 Å². The maximum absolute atomic E-state index is 13.2. The van der Waals surface area contributed by atoms with E-state index >= 15 is 0 Å². The Kier molecular flexibility index (Phi) is 5.16. The molecule has 0 spiro atoms. The van der Waals surface area contributed by atoms with Crippen molar-refractivity contribution in [1.82, 2.24) is 0 Å². The molecule has 20 heavy (non-hydrogen) atoms. The van der Waals surface area contributed by atoms with Crippen LogP contribution in [0, 0.1) is 11.6 Å². The summed E-state index contributed by atoms with van der Waals surface area (Å²) in [6.07, 6.45) is 0.545. The van der Waals surface area contributed by atoms with Gasteiger partial charge in [-0.25, -0.2) is 8.78 Å². The SMILES string of the molecule is COc1ccc(Br)c(C(Br)Cc2ccc(F)c(F)c2)c1. The highest BCUT2D eigenvalue weighted by Gasteiger charge is 2.14. The van der Waals surface area contributed by atoms with Gasteiger partial charge in [-0.2, -0.15) is 0 Å². The van der Waals surface area contributed by atoms with Gasteiger partial charge in [0.15, 0.2) is 11.6 Å². The van der Waals surface area contributed by atoms with Crippen molar-refractivity contribution in [3.63, 3.8) is 0 Å². The summed E-state index contributed by atoms with van der Waals surface area (Å²) in [5.74, 6) is -0.910. The van der Waals surface area contributed by atoms with Crippen molar-refractivity contribution in [2.75, 3.05) is 7.11 Å². The Balaban J connectivity index is 2.23. The zero-order chi connectivity index (χ0) is 14.7. The van der Waals surface area contributed by atoms with Gasteiger partial charge in [0.2, 0.25) is 0 Å². The molecule has 1 unspecified atom stereocenters. The summed E-state index contributed by atoms with van der Waals surface area (Å²) in [5.41, 5.74) is 1.72. The van der Waals surface area contributed by atoms with E-state index in [1.54, 1.807) is 13.2 Å². The smallest absolute Gasteiger partial charge is 0.159 e. The molecule has 1 atom stereocenters. The van der Waals surface area contributed by atoms with Crippen LogP contribution in [0.5, 0.6) is 5.75 Å². The van der Waals surface area contributed by atoms with Gasteiger partial charge in [-0.05, 0) is 47.9 Å². The Morgan fingerprint density at radius 1 is 1.10 bits per heavy atom. The quantitative estimate of drug-likeness (QED) is 0.617. The average Bonchev–Trinajstić information content (AvgIpc) is 2.43. The van der Waals surface area contributed by atoms with Gasteiger partial charge in [-0.1, -0.05) is 37.9 Å². The maximum atomic E-state index is 13.2. The first-order chi connectivity index (χ1) is 9.51. The summed E-state index contributed by atoms with van der Waals surface area (Å²) in [6.45, 7) is 0. The summed E-state index contributed by atoms with van der Waals surface area (Å²) in [6, 6.07) is 9.60. The molecule has 2 rings (SSSR count). The Labute approximate surface area is 133 Å². The molecule has 0 saturated carbocycles. The second-order valence-electron chi connectivity index (χ2n) is 4.31. The van der Waals surface area contributed by atoms with Gasteiger partial charge in [0, 0.05) is 9.30 Å². The van der Waals surface area contributed by atoms with Crippen molar-refractivity contribution in [3.05, 3.63) is 63.6 Å². The van der Waals surface area contributed by atoms with Crippen LogP contribution in [0.2, 0.25) is 0 Å². The van der Waals surface area contributed by atoms with Crippen molar-refractivity contribution in [1.29, 1.82) is 0 Å². The van der Waals surface area contributed by atoms with E-state index in [4.69, 9.17) is 4.74 Å². The zero-order valence-corrected chi connectivity index (χ0v) is 13.8. The fourth-order valence-electron chi connectivity index (χ4n) is 1.87. The van der Waals surface area contributed by atoms with E-state index in [1.807, 2.05) is 18.2 Å². The molecule has 0 aliphatic heterocycles. The molecule has 0 aliphatic carbocycles. The third-order valence-electron chi connectivity index (χ3n) is 2.94. The third-order valence-corrected chi connectivity index (χ3v) is 4.48. The lowest BCUT2D eigenvalue weighted by Gasteiger charge is -2.14. The van der Waals surface area contributed by atoms with Crippen molar-refractivity contribution in [2.45, 2.75) is 11.2 Å². The largest absolute Gasteiger partial charge is 0.497 e. The minimum atomic E-state index is -0.831. The van der Waals surface area contributed by atoms with E-state index in [2.05, 4.69) is 31.9 Å². The lowest BCUT2D eigenvalue weighted by molar-refractivity contribution is 0.414. The van der Waals surface area contributed by atoms with Crippen LogP contribution >= 0.6 is 31.9 Å². The van der Waals surface area contributed by atoms with Crippen LogP contribution < -0.4 is 4.74 Å². The zero-order valence-electron chi connectivity index (χ0n) is 10.7. The highest BCUT2D eigenvalue weighted by Crippen LogP contribution is 2.35.